The number of rotatable bonds is 5. The standard InChI is InChI=1S/C25H22N4OS/c1-16-7-6-9-19(13-16)24-27-22(18(3)30-24)15-31-25-23-14-21(28-29(23)12-11-26-25)20-10-5-4-8-17(20)2/h4-14H,15H2,1-3H3. The maximum Gasteiger partial charge on any atom is 0.226 e. The Balaban J connectivity index is 1.42. The van der Waals surface area contributed by atoms with Crippen LogP contribution in [0.4, 0.5) is 0 Å². The molecule has 31 heavy (non-hydrogen) atoms. The van der Waals surface area contributed by atoms with E-state index in [-0.39, 0.29) is 0 Å². The van der Waals surface area contributed by atoms with Crippen LogP contribution in [0, 0.1) is 20.8 Å². The normalized spacial score (nSPS) is 11.3. The highest BCUT2D eigenvalue weighted by Crippen LogP contribution is 2.31. The van der Waals surface area contributed by atoms with E-state index in [1.807, 2.05) is 41.9 Å². The summed E-state index contributed by atoms with van der Waals surface area (Å²) < 4.78 is 7.84. The van der Waals surface area contributed by atoms with Gasteiger partial charge in [-0.3, -0.25) is 0 Å². The maximum absolute atomic E-state index is 5.94. The van der Waals surface area contributed by atoms with Crippen molar-refractivity contribution in [3.8, 4) is 22.7 Å². The minimum atomic E-state index is 0.661. The van der Waals surface area contributed by atoms with Gasteiger partial charge < -0.3 is 4.42 Å². The lowest BCUT2D eigenvalue weighted by molar-refractivity contribution is 0.540. The Labute approximate surface area is 185 Å². The summed E-state index contributed by atoms with van der Waals surface area (Å²) in [5, 5.41) is 5.68. The number of aromatic nitrogens is 4. The molecule has 0 aliphatic heterocycles. The summed E-state index contributed by atoms with van der Waals surface area (Å²) in [4.78, 5) is 9.34. The van der Waals surface area contributed by atoms with Gasteiger partial charge in [-0.25, -0.2) is 14.5 Å². The van der Waals surface area contributed by atoms with Crippen LogP contribution in [0.3, 0.4) is 0 Å². The predicted octanol–water partition coefficient (Wildman–Crippen LogP) is 6.27. The molecule has 0 spiro atoms. The van der Waals surface area contributed by atoms with E-state index in [0.29, 0.717) is 11.6 Å². The van der Waals surface area contributed by atoms with Crippen LogP contribution in [-0.2, 0) is 5.75 Å². The lowest BCUT2D eigenvalue weighted by atomic mass is 10.1. The van der Waals surface area contributed by atoms with Crippen LogP contribution >= 0.6 is 11.8 Å². The van der Waals surface area contributed by atoms with Gasteiger partial charge in [0.15, 0.2) is 0 Å². The Morgan fingerprint density at radius 3 is 2.71 bits per heavy atom. The first-order valence-corrected chi connectivity index (χ1v) is 11.1. The van der Waals surface area contributed by atoms with Crippen LogP contribution in [0.15, 0.2) is 76.4 Å². The van der Waals surface area contributed by atoms with E-state index in [2.05, 4.69) is 49.2 Å². The molecule has 0 atom stereocenters. The largest absolute Gasteiger partial charge is 0.441 e. The third kappa shape index (κ3) is 3.86. The lowest BCUT2D eigenvalue weighted by Gasteiger charge is -2.01. The van der Waals surface area contributed by atoms with Crippen LogP contribution in [0.5, 0.6) is 0 Å². The molecule has 0 amide bonds. The molecule has 6 heteroatoms. The van der Waals surface area contributed by atoms with Gasteiger partial charge in [0.05, 0.1) is 16.9 Å². The van der Waals surface area contributed by atoms with Gasteiger partial charge in [0, 0.05) is 29.3 Å². The SMILES string of the molecule is Cc1cccc(-c2nc(CSc3nccn4nc(-c5ccccc5C)cc34)c(C)o2)c1. The van der Waals surface area contributed by atoms with Crippen molar-refractivity contribution in [2.45, 2.75) is 31.6 Å². The van der Waals surface area contributed by atoms with E-state index < -0.39 is 0 Å². The number of thioether (sulfide) groups is 1. The zero-order valence-corrected chi connectivity index (χ0v) is 18.5. The summed E-state index contributed by atoms with van der Waals surface area (Å²) in [7, 11) is 0. The van der Waals surface area contributed by atoms with Crippen LogP contribution in [0.2, 0.25) is 0 Å². The molecule has 0 aliphatic carbocycles. The number of hydrogen-bond donors (Lipinski definition) is 0. The molecule has 0 N–H and O–H groups in total. The number of aryl methyl sites for hydroxylation is 3. The fourth-order valence-electron chi connectivity index (χ4n) is 3.60. The molecular formula is C25H22N4OS. The van der Waals surface area contributed by atoms with Crippen LogP contribution in [0.1, 0.15) is 22.6 Å². The second kappa shape index (κ2) is 8.04. The molecule has 3 heterocycles. The maximum atomic E-state index is 5.94. The Hall–Kier alpha value is -3.38. The third-order valence-corrected chi connectivity index (χ3v) is 6.28. The van der Waals surface area contributed by atoms with Gasteiger partial charge in [0.1, 0.15) is 10.8 Å². The number of nitrogens with zero attached hydrogens (tertiary/aromatic N) is 4. The van der Waals surface area contributed by atoms with Crippen molar-refractivity contribution < 1.29 is 4.42 Å². The smallest absolute Gasteiger partial charge is 0.226 e. The molecule has 0 fully saturated rings. The van der Waals surface area contributed by atoms with E-state index in [0.717, 1.165) is 38.8 Å². The van der Waals surface area contributed by atoms with Gasteiger partial charge >= 0.3 is 0 Å². The van der Waals surface area contributed by atoms with E-state index in [1.54, 1.807) is 18.0 Å². The highest BCUT2D eigenvalue weighted by atomic mass is 32.2. The summed E-state index contributed by atoms with van der Waals surface area (Å²) in [6.45, 7) is 6.14. The van der Waals surface area contributed by atoms with Gasteiger partial charge in [-0.05, 0) is 44.5 Å². The highest BCUT2D eigenvalue weighted by molar-refractivity contribution is 7.98. The summed E-state index contributed by atoms with van der Waals surface area (Å²) in [6.07, 6.45) is 3.68. The Kier molecular flexibility index (Phi) is 5.08. The van der Waals surface area contributed by atoms with Crippen LogP contribution in [0.25, 0.3) is 28.2 Å². The molecular weight excluding hydrogens is 404 g/mol. The third-order valence-electron chi connectivity index (χ3n) is 5.28. The average Bonchev–Trinajstić information content (AvgIpc) is 3.36. The zero-order chi connectivity index (χ0) is 21.4. The number of fused-ring (bicyclic) bond motifs is 1. The second-order valence-corrected chi connectivity index (χ2v) is 8.55. The quantitative estimate of drug-likeness (QED) is 0.310. The summed E-state index contributed by atoms with van der Waals surface area (Å²) in [5.74, 6) is 2.18. The molecule has 0 saturated heterocycles. The van der Waals surface area contributed by atoms with Gasteiger partial charge in [0.25, 0.3) is 0 Å². The van der Waals surface area contributed by atoms with E-state index in [1.165, 1.54) is 11.1 Å². The molecule has 0 aliphatic rings. The van der Waals surface area contributed by atoms with Crippen LogP contribution in [-0.4, -0.2) is 19.6 Å². The average molecular weight is 427 g/mol. The van der Waals surface area contributed by atoms with E-state index in [4.69, 9.17) is 14.5 Å². The Morgan fingerprint density at radius 1 is 1.00 bits per heavy atom. The monoisotopic (exact) mass is 426 g/mol. The lowest BCUT2D eigenvalue weighted by Crippen LogP contribution is -1.92. The van der Waals surface area contributed by atoms with Crippen molar-refractivity contribution in [2.75, 3.05) is 0 Å². The molecule has 2 aromatic carbocycles. The summed E-state index contributed by atoms with van der Waals surface area (Å²) in [5.41, 5.74) is 7.40. The Morgan fingerprint density at radius 2 is 1.87 bits per heavy atom. The second-order valence-electron chi connectivity index (χ2n) is 7.59. The minimum Gasteiger partial charge on any atom is -0.441 e. The van der Waals surface area contributed by atoms with E-state index in [9.17, 15) is 0 Å². The summed E-state index contributed by atoms with van der Waals surface area (Å²) in [6, 6.07) is 18.6. The van der Waals surface area contributed by atoms with E-state index >= 15 is 0 Å². The molecule has 154 valence electrons. The van der Waals surface area contributed by atoms with Gasteiger partial charge in [0.2, 0.25) is 5.89 Å². The number of hydrogen-bond acceptors (Lipinski definition) is 5. The molecule has 5 nitrogen and oxygen atoms in total. The van der Waals surface area contributed by atoms with Gasteiger partial charge in [-0.1, -0.05) is 53.7 Å². The van der Waals surface area contributed by atoms with Crippen molar-refractivity contribution in [3.05, 3.63) is 89.6 Å². The fourth-order valence-corrected chi connectivity index (χ4v) is 4.58. The van der Waals surface area contributed by atoms with Crippen LogP contribution < -0.4 is 0 Å². The highest BCUT2D eigenvalue weighted by Gasteiger charge is 2.15. The molecule has 0 bridgehead atoms. The molecule has 5 rings (SSSR count). The molecule has 0 saturated carbocycles. The first kappa shape index (κ1) is 19.6. The molecule has 5 aromatic rings. The molecule has 3 aromatic heterocycles. The first-order valence-electron chi connectivity index (χ1n) is 10.1. The number of oxazole rings is 1. The fraction of sp³-hybridized carbons (Fsp3) is 0.160. The minimum absolute atomic E-state index is 0.661. The van der Waals surface area contributed by atoms with Gasteiger partial charge in [-0.2, -0.15) is 5.10 Å². The van der Waals surface area contributed by atoms with Crippen molar-refractivity contribution in [1.82, 2.24) is 19.6 Å². The predicted molar refractivity (Wildman–Crippen MR) is 124 cm³/mol. The number of benzene rings is 2. The van der Waals surface area contributed by atoms with Crippen molar-refractivity contribution in [2.24, 2.45) is 0 Å². The topological polar surface area (TPSA) is 56.2 Å². The van der Waals surface area contributed by atoms with Crippen molar-refractivity contribution >= 4 is 17.3 Å². The summed E-state index contributed by atoms with van der Waals surface area (Å²) >= 11 is 1.65. The molecule has 0 radical (unpaired) electrons. The van der Waals surface area contributed by atoms with Gasteiger partial charge in [-0.15, -0.1) is 0 Å². The first-order chi connectivity index (χ1) is 15.1. The van der Waals surface area contributed by atoms with Crippen molar-refractivity contribution in [1.29, 1.82) is 0 Å². The van der Waals surface area contributed by atoms with Crippen molar-refractivity contribution in [3.63, 3.8) is 0 Å². The molecule has 0 unspecified atom stereocenters. The Bertz CT molecular complexity index is 1390. The zero-order valence-electron chi connectivity index (χ0n) is 17.7.